The Morgan fingerprint density at radius 2 is 1.54 bits per heavy atom. The van der Waals surface area contributed by atoms with Crippen LogP contribution in [0.2, 0.25) is 0 Å². The zero-order valence-electron chi connectivity index (χ0n) is 20.7. The van der Waals surface area contributed by atoms with E-state index in [-0.39, 0.29) is 11.2 Å². The Morgan fingerprint density at radius 3 is 2.05 bits per heavy atom. The lowest BCUT2D eigenvalue weighted by atomic mass is 9.98. The maximum atomic E-state index is 13.1. The van der Waals surface area contributed by atoms with Crippen LogP contribution >= 0.6 is 11.3 Å². The molecule has 3 N–H and O–H groups in total. The summed E-state index contributed by atoms with van der Waals surface area (Å²) in [5, 5.41) is 15.4. The van der Waals surface area contributed by atoms with Gasteiger partial charge in [-0.3, -0.25) is 10.1 Å². The molecule has 1 heterocycles. The van der Waals surface area contributed by atoms with Gasteiger partial charge >= 0.3 is 18.4 Å². The van der Waals surface area contributed by atoms with E-state index >= 15 is 0 Å². The van der Waals surface area contributed by atoms with E-state index in [0.717, 1.165) is 11.3 Å². The standard InChI is InChI=1S/C24H23F6N5O3S/c1-4-12(2)18(19(36)33-22-35-34-20(39-22)13-5-7-17(38-3)8-6-13)32-21(37)31-16-10-14(23(25,26)27)9-15(11-16)24(28,29)30/h5-12,18H,4H2,1-3H3,(H2,31,32,37)(H,33,35,36)/t12-,18+/m1/s1. The molecule has 3 rings (SSSR count). The first-order valence-electron chi connectivity index (χ1n) is 11.4. The van der Waals surface area contributed by atoms with Gasteiger partial charge in [0.25, 0.3) is 0 Å². The molecule has 210 valence electrons. The van der Waals surface area contributed by atoms with Gasteiger partial charge in [-0.25, -0.2) is 4.79 Å². The van der Waals surface area contributed by atoms with Crippen molar-refractivity contribution in [3.05, 3.63) is 53.6 Å². The highest BCUT2D eigenvalue weighted by molar-refractivity contribution is 7.18. The van der Waals surface area contributed by atoms with Crippen LogP contribution in [0.5, 0.6) is 5.75 Å². The third kappa shape index (κ3) is 7.81. The Hall–Kier alpha value is -3.88. The van der Waals surface area contributed by atoms with Gasteiger partial charge in [0.15, 0.2) is 0 Å². The molecule has 0 bridgehead atoms. The first-order valence-corrected chi connectivity index (χ1v) is 12.2. The zero-order valence-corrected chi connectivity index (χ0v) is 21.5. The molecule has 39 heavy (non-hydrogen) atoms. The second-order valence-electron chi connectivity index (χ2n) is 8.39. The van der Waals surface area contributed by atoms with Crippen molar-refractivity contribution in [2.75, 3.05) is 17.7 Å². The monoisotopic (exact) mass is 575 g/mol. The molecule has 8 nitrogen and oxygen atoms in total. The molecule has 0 aliphatic heterocycles. The molecule has 3 amide bonds. The average molecular weight is 576 g/mol. The van der Waals surface area contributed by atoms with Crippen molar-refractivity contribution in [2.45, 2.75) is 38.7 Å². The minimum atomic E-state index is -5.08. The molecule has 0 saturated carbocycles. The number of halogens is 6. The van der Waals surface area contributed by atoms with Crippen LogP contribution in [0.15, 0.2) is 42.5 Å². The SMILES string of the molecule is CC[C@@H](C)[C@H](NC(=O)Nc1cc(C(F)(F)F)cc(C(F)(F)F)c1)C(=O)Nc1nnc(-c2ccc(OC)cc2)s1. The van der Waals surface area contributed by atoms with Crippen molar-refractivity contribution in [2.24, 2.45) is 5.92 Å². The Kier molecular flexibility index (Phi) is 9.04. The maximum Gasteiger partial charge on any atom is 0.416 e. The van der Waals surface area contributed by atoms with E-state index in [9.17, 15) is 35.9 Å². The predicted octanol–water partition coefficient (Wildman–Crippen LogP) is 6.43. The third-order valence-electron chi connectivity index (χ3n) is 5.62. The fraction of sp³-hybridized carbons (Fsp3) is 0.333. The van der Waals surface area contributed by atoms with Gasteiger partial charge in [-0.05, 0) is 48.4 Å². The molecule has 0 spiro atoms. The van der Waals surface area contributed by atoms with Crippen LogP contribution in [0, 0.1) is 5.92 Å². The van der Waals surface area contributed by atoms with Crippen molar-refractivity contribution in [3.8, 4) is 16.3 Å². The highest BCUT2D eigenvalue weighted by atomic mass is 32.1. The summed E-state index contributed by atoms with van der Waals surface area (Å²) in [6.07, 6.45) is -9.76. The molecule has 0 unspecified atom stereocenters. The van der Waals surface area contributed by atoms with Gasteiger partial charge in [-0.15, -0.1) is 10.2 Å². The molecule has 0 aliphatic carbocycles. The van der Waals surface area contributed by atoms with Crippen LogP contribution in [0.1, 0.15) is 31.4 Å². The number of alkyl halides is 6. The summed E-state index contributed by atoms with van der Waals surface area (Å²) in [4.78, 5) is 25.5. The number of amides is 3. The fourth-order valence-corrected chi connectivity index (χ4v) is 4.10. The second kappa shape index (κ2) is 11.9. The normalized spacial score (nSPS) is 13.4. The number of urea groups is 1. The molecular formula is C24H23F6N5O3S. The minimum Gasteiger partial charge on any atom is -0.497 e. The number of rotatable bonds is 8. The van der Waals surface area contributed by atoms with Crippen molar-refractivity contribution in [1.29, 1.82) is 0 Å². The van der Waals surface area contributed by atoms with Crippen molar-refractivity contribution in [3.63, 3.8) is 0 Å². The Bertz CT molecular complexity index is 1280. The number of carbonyl (C=O) groups excluding carboxylic acids is 2. The number of methoxy groups -OCH3 is 1. The van der Waals surface area contributed by atoms with Crippen LogP contribution in [0.4, 0.5) is 42.0 Å². The number of benzene rings is 2. The van der Waals surface area contributed by atoms with E-state index in [1.54, 1.807) is 38.1 Å². The van der Waals surface area contributed by atoms with E-state index < -0.39 is 53.1 Å². The largest absolute Gasteiger partial charge is 0.497 e. The molecule has 1 aromatic heterocycles. The summed E-state index contributed by atoms with van der Waals surface area (Å²) in [5.74, 6) is -0.522. The number of hydrogen-bond acceptors (Lipinski definition) is 6. The van der Waals surface area contributed by atoms with Crippen LogP contribution < -0.4 is 20.7 Å². The summed E-state index contributed by atoms with van der Waals surface area (Å²) in [7, 11) is 1.52. The molecule has 0 saturated heterocycles. The van der Waals surface area contributed by atoms with Gasteiger partial charge in [0.1, 0.15) is 16.8 Å². The van der Waals surface area contributed by atoms with Crippen LogP contribution in [-0.4, -0.2) is 35.3 Å². The zero-order chi connectivity index (χ0) is 29.0. The van der Waals surface area contributed by atoms with Crippen molar-refractivity contribution in [1.82, 2.24) is 15.5 Å². The van der Waals surface area contributed by atoms with Crippen molar-refractivity contribution < 1.29 is 40.7 Å². The smallest absolute Gasteiger partial charge is 0.416 e. The topological polar surface area (TPSA) is 105 Å². The first kappa shape index (κ1) is 29.7. The Labute approximate surface area is 222 Å². The fourth-order valence-electron chi connectivity index (χ4n) is 3.34. The van der Waals surface area contributed by atoms with E-state index in [4.69, 9.17) is 4.74 Å². The van der Waals surface area contributed by atoms with Gasteiger partial charge in [-0.2, -0.15) is 26.3 Å². The Morgan fingerprint density at radius 1 is 0.949 bits per heavy atom. The van der Waals surface area contributed by atoms with Crippen molar-refractivity contribution >= 4 is 34.1 Å². The Balaban J connectivity index is 1.75. The number of anilines is 2. The molecule has 2 atom stereocenters. The van der Waals surface area contributed by atoms with Gasteiger partial charge in [0, 0.05) is 11.3 Å². The van der Waals surface area contributed by atoms with E-state index in [2.05, 4.69) is 20.8 Å². The highest BCUT2D eigenvalue weighted by Crippen LogP contribution is 2.37. The van der Waals surface area contributed by atoms with Gasteiger partial charge in [-0.1, -0.05) is 31.6 Å². The lowest BCUT2D eigenvalue weighted by molar-refractivity contribution is -0.143. The molecular weight excluding hydrogens is 552 g/mol. The highest BCUT2D eigenvalue weighted by Gasteiger charge is 2.37. The second-order valence-corrected chi connectivity index (χ2v) is 9.36. The number of nitrogens with one attached hydrogen (secondary N) is 3. The van der Waals surface area contributed by atoms with E-state index in [0.29, 0.717) is 34.9 Å². The molecule has 3 aromatic rings. The number of hydrogen-bond donors (Lipinski definition) is 3. The summed E-state index contributed by atoms with van der Waals surface area (Å²) in [5.41, 5.74) is -3.21. The van der Waals surface area contributed by atoms with Crippen LogP contribution in [0.3, 0.4) is 0 Å². The third-order valence-corrected chi connectivity index (χ3v) is 6.51. The molecule has 0 radical (unpaired) electrons. The maximum absolute atomic E-state index is 13.1. The van der Waals surface area contributed by atoms with Gasteiger partial charge < -0.3 is 15.4 Å². The molecule has 0 aliphatic rings. The van der Waals surface area contributed by atoms with E-state index in [1.165, 1.54) is 7.11 Å². The van der Waals surface area contributed by atoms with Crippen LogP contribution in [0.25, 0.3) is 10.6 Å². The summed E-state index contributed by atoms with van der Waals surface area (Å²) in [6, 6.07) is 5.26. The number of carbonyl (C=O) groups is 2. The molecule has 2 aromatic carbocycles. The van der Waals surface area contributed by atoms with Crippen LogP contribution in [-0.2, 0) is 17.1 Å². The molecule has 0 fully saturated rings. The van der Waals surface area contributed by atoms with Gasteiger partial charge in [0.05, 0.1) is 18.2 Å². The summed E-state index contributed by atoms with van der Waals surface area (Å²) in [6.45, 7) is 3.37. The quantitative estimate of drug-likeness (QED) is 0.269. The predicted molar refractivity (Wildman–Crippen MR) is 132 cm³/mol. The lowest BCUT2D eigenvalue weighted by Crippen LogP contribution is -2.49. The number of ether oxygens (including phenoxy) is 1. The number of aromatic nitrogens is 2. The lowest BCUT2D eigenvalue weighted by Gasteiger charge is -2.23. The number of nitrogens with zero attached hydrogens (tertiary/aromatic N) is 2. The summed E-state index contributed by atoms with van der Waals surface area (Å²) < 4.78 is 83.9. The van der Waals surface area contributed by atoms with Gasteiger partial charge in [0.2, 0.25) is 11.0 Å². The average Bonchev–Trinajstić information content (AvgIpc) is 3.34. The molecule has 15 heteroatoms. The first-order chi connectivity index (χ1) is 18.2. The summed E-state index contributed by atoms with van der Waals surface area (Å²) >= 11 is 1.06. The minimum absolute atomic E-state index is 0.0548. The van der Waals surface area contributed by atoms with E-state index in [1.807, 2.05) is 5.32 Å².